The van der Waals surface area contributed by atoms with Crippen molar-refractivity contribution in [3.05, 3.63) is 69.8 Å². The van der Waals surface area contributed by atoms with E-state index in [1.807, 2.05) is 48.7 Å². The van der Waals surface area contributed by atoms with Crippen LogP contribution >= 0.6 is 22.9 Å². The van der Waals surface area contributed by atoms with Crippen molar-refractivity contribution in [2.75, 3.05) is 11.9 Å². The Morgan fingerprint density at radius 2 is 2.04 bits per heavy atom. The number of carbonyl (C=O) groups excluding carboxylic acids is 1. The highest BCUT2D eigenvalue weighted by Crippen LogP contribution is 2.20. The molecule has 1 amide bonds. The van der Waals surface area contributed by atoms with Gasteiger partial charge in [-0.25, -0.2) is 9.97 Å². The molecule has 3 aromatic rings. The van der Waals surface area contributed by atoms with Crippen LogP contribution in [0, 0.1) is 6.92 Å². The van der Waals surface area contributed by atoms with Crippen LogP contribution < -0.4 is 10.6 Å². The Bertz CT molecular complexity index is 879. The van der Waals surface area contributed by atoms with Crippen LogP contribution in [0.3, 0.4) is 0 Å². The van der Waals surface area contributed by atoms with Gasteiger partial charge in [0, 0.05) is 23.1 Å². The van der Waals surface area contributed by atoms with Crippen molar-refractivity contribution in [3.63, 3.8) is 0 Å². The number of nitrogens with one attached hydrogen (secondary N) is 2. The van der Waals surface area contributed by atoms with Gasteiger partial charge in [0.05, 0.1) is 12.1 Å². The summed E-state index contributed by atoms with van der Waals surface area (Å²) < 4.78 is 0. The summed E-state index contributed by atoms with van der Waals surface area (Å²) in [4.78, 5) is 20.8. The maximum Gasteiger partial charge on any atom is 0.226 e. The third-order valence-corrected chi connectivity index (χ3v) is 4.75. The summed E-state index contributed by atoms with van der Waals surface area (Å²) in [5.74, 6) is 0.711. The first-order valence-corrected chi connectivity index (χ1v) is 9.49. The highest BCUT2D eigenvalue weighted by atomic mass is 35.5. The molecule has 0 fully saturated rings. The van der Waals surface area contributed by atoms with E-state index in [-0.39, 0.29) is 12.3 Å². The Balaban J connectivity index is 1.46. The summed E-state index contributed by atoms with van der Waals surface area (Å²) in [5.41, 5.74) is 3.01. The van der Waals surface area contributed by atoms with Crippen molar-refractivity contribution in [2.45, 2.75) is 19.8 Å². The Morgan fingerprint density at radius 1 is 1.23 bits per heavy atom. The third kappa shape index (κ3) is 5.54. The Labute approximate surface area is 161 Å². The average molecular weight is 387 g/mol. The minimum absolute atomic E-state index is 0.0375. The van der Waals surface area contributed by atoms with Crippen molar-refractivity contribution in [1.82, 2.24) is 15.3 Å². The quantitative estimate of drug-likeness (QED) is 0.640. The van der Waals surface area contributed by atoms with Gasteiger partial charge >= 0.3 is 0 Å². The second-order valence-electron chi connectivity index (χ2n) is 5.89. The normalized spacial score (nSPS) is 10.5. The van der Waals surface area contributed by atoms with Gasteiger partial charge in [0.25, 0.3) is 0 Å². The monoisotopic (exact) mass is 386 g/mol. The largest absolute Gasteiger partial charge is 0.355 e. The number of halogens is 1. The molecule has 5 nitrogen and oxygen atoms in total. The fourth-order valence-corrected chi connectivity index (χ4v) is 3.23. The molecule has 3 rings (SSSR count). The van der Waals surface area contributed by atoms with Crippen LogP contribution in [0.2, 0.25) is 5.02 Å². The molecule has 0 bridgehead atoms. The van der Waals surface area contributed by atoms with E-state index < -0.39 is 0 Å². The van der Waals surface area contributed by atoms with Crippen LogP contribution in [-0.2, 0) is 17.6 Å². The number of anilines is 2. The molecule has 0 aliphatic heterocycles. The first kappa shape index (κ1) is 18.4. The number of nitrogens with zero attached hydrogens (tertiary/aromatic N) is 2. The number of rotatable bonds is 7. The van der Waals surface area contributed by atoms with Crippen molar-refractivity contribution in [1.29, 1.82) is 0 Å². The topological polar surface area (TPSA) is 66.9 Å². The van der Waals surface area contributed by atoms with Gasteiger partial charge in [-0.1, -0.05) is 23.7 Å². The van der Waals surface area contributed by atoms with Gasteiger partial charge in [-0.15, -0.1) is 11.3 Å². The van der Waals surface area contributed by atoms with E-state index in [9.17, 15) is 4.79 Å². The molecule has 0 radical (unpaired) electrons. The fraction of sp³-hybridized carbons (Fsp3) is 0.211. The second-order valence-corrected chi connectivity index (χ2v) is 7.19. The maximum atomic E-state index is 12.1. The minimum atomic E-state index is -0.0375. The standard InChI is InChI=1S/C19H19ClN4OS/c1-13-6-8-21-17(10-13)24-19-23-16(12-26-19)11-18(25)22-9-7-14-2-4-15(20)5-3-14/h2-6,8,10,12H,7,9,11H2,1H3,(H,22,25)(H,21,23,24). The predicted molar refractivity (Wildman–Crippen MR) is 106 cm³/mol. The zero-order chi connectivity index (χ0) is 18.4. The fourth-order valence-electron chi connectivity index (χ4n) is 2.38. The van der Waals surface area contributed by atoms with Gasteiger partial charge in [-0.3, -0.25) is 4.79 Å². The number of aryl methyl sites for hydroxylation is 1. The van der Waals surface area contributed by atoms with Crippen LogP contribution in [0.4, 0.5) is 10.9 Å². The van der Waals surface area contributed by atoms with E-state index in [0.717, 1.165) is 34.2 Å². The zero-order valence-electron chi connectivity index (χ0n) is 14.3. The summed E-state index contributed by atoms with van der Waals surface area (Å²) in [5, 5.41) is 9.41. The number of pyridine rings is 1. The molecule has 0 atom stereocenters. The molecule has 0 aliphatic rings. The van der Waals surface area contributed by atoms with Gasteiger partial charge in [0.1, 0.15) is 5.82 Å². The van der Waals surface area contributed by atoms with Crippen molar-refractivity contribution < 1.29 is 4.79 Å². The van der Waals surface area contributed by atoms with Gasteiger partial charge < -0.3 is 10.6 Å². The molecule has 26 heavy (non-hydrogen) atoms. The molecule has 0 unspecified atom stereocenters. The number of carbonyl (C=O) groups is 1. The smallest absolute Gasteiger partial charge is 0.226 e. The summed E-state index contributed by atoms with van der Waals surface area (Å²) in [7, 11) is 0. The summed E-state index contributed by atoms with van der Waals surface area (Å²) in [6.45, 7) is 2.59. The number of benzene rings is 1. The lowest BCUT2D eigenvalue weighted by atomic mass is 10.1. The van der Waals surface area contributed by atoms with Gasteiger partial charge in [0.15, 0.2) is 5.13 Å². The lowest BCUT2D eigenvalue weighted by molar-refractivity contribution is -0.120. The van der Waals surface area contributed by atoms with E-state index in [1.54, 1.807) is 6.20 Å². The molecule has 7 heteroatoms. The van der Waals surface area contributed by atoms with E-state index in [0.29, 0.717) is 11.6 Å². The minimum Gasteiger partial charge on any atom is -0.355 e. The highest BCUT2D eigenvalue weighted by molar-refractivity contribution is 7.13. The maximum absolute atomic E-state index is 12.1. The van der Waals surface area contributed by atoms with E-state index in [4.69, 9.17) is 11.6 Å². The summed E-state index contributed by atoms with van der Waals surface area (Å²) in [6.07, 6.45) is 2.78. The van der Waals surface area contributed by atoms with Crippen LogP contribution in [0.1, 0.15) is 16.8 Å². The summed E-state index contributed by atoms with van der Waals surface area (Å²) in [6, 6.07) is 11.5. The van der Waals surface area contributed by atoms with Gasteiger partial charge in [-0.05, 0) is 48.7 Å². The number of thiazole rings is 1. The molecule has 2 aromatic heterocycles. The molecule has 0 aliphatic carbocycles. The highest BCUT2D eigenvalue weighted by Gasteiger charge is 2.08. The second kappa shape index (κ2) is 8.78. The molecule has 134 valence electrons. The van der Waals surface area contributed by atoms with Gasteiger partial charge in [-0.2, -0.15) is 0 Å². The lowest BCUT2D eigenvalue weighted by Gasteiger charge is -2.05. The molecule has 0 saturated carbocycles. The van der Waals surface area contributed by atoms with Crippen LogP contribution in [0.5, 0.6) is 0 Å². The molecular formula is C19H19ClN4OS. The number of hydrogen-bond acceptors (Lipinski definition) is 5. The number of hydrogen-bond donors (Lipinski definition) is 2. The Kier molecular flexibility index (Phi) is 6.20. The summed E-state index contributed by atoms with van der Waals surface area (Å²) >= 11 is 7.32. The lowest BCUT2D eigenvalue weighted by Crippen LogP contribution is -2.27. The van der Waals surface area contributed by atoms with E-state index in [1.165, 1.54) is 11.3 Å². The SMILES string of the molecule is Cc1ccnc(Nc2nc(CC(=O)NCCc3ccc(Cl)cc3)cs2)c1. The van der Waals surface area contributed by atoms with E-state index >= 15 is 0 Å². The zero-order valence-corrected chi connectivity index (χ0v) is 15.9. The molecule has 2 heterocycles. The number of amides is 1. The van der Waals surface area contributed by atoms with Crippen molar-refractivity contribution in [3.8, 4) is 0 Å². The predicted octanol–water partition coefficient (Wildman–Crippen LogP) is 4.14. The van der Waals surface area contributed by atoms with Crippen molar-refractivity contribution in [2.24, 2.45) is 0 Å². The first-order chi connectivity index (χ1) is 12.6. The third-order valence-electron chi connectivity index (χ3n) is 3.69. The molecule has 0 saturated heterocycles. The van der Waals surface area contributed by atoms with Crippen LogP contribution in [-0.4, -0.2) is 22.4 Å². The van der Waals surface area contributed by atoms with Gasteiger partial charge in [0.2, 0.25) is 5.91 Å². The average Bonchev–Trinajstić information content (AvgIpc) is 3.03. The molecule has 2 N–H and O–H groups in total. The molecular weight excluding hydrogens is 368 g/mol. The Hall–Kier alpha value is -2.44. The van der Waals surface area contributed by atoms with Crippen molar-refractivity contribution >= 4 is 39.8 Å². The van der Waals surface area contributed by atoms with E-state index in [2.05, 4.69) is 20.6 Å². The first-order valence-electron chi connectivity index (χ1n) is 8.24. The molecule has 1 aromatic carbocycles. The molecule has 0 spiro atoms. The van der Waals surface area contributed by atoms with Crippen LogP contribution in [0.15, 0.2) is 48.0 Å². The number of aromatic nitrogens is 2. The Morgan fingerprint density at radius 3 is 2.81 bits per heavy atom. The van der Waals surface area contributed by atoms with Crippen LogP contribution in [0.25, 0.3) is 0 Å².